The number of esters is 1. The lowest BCUT2D eigenvalue weighted by Gasteiger charge is -2.40. The average Bonchev–Trinajstić information content (AvgIpc) is 2.95. The monoisotopic (exact) mass is 509 g/mol. The summed E-state index contributed by atoms with van der Waals surface area (Å²) in [6.45, 7) is 4.36. The van der Waals surface area contributed by atoms with Crippen LogP contribution in [0.2, 0.25) is 0 Å². The molecule has 3 atom stereocenters. The molecule has 6 nitrogen and oxygen atoms in total. The summed E-state index contributed by atoms with van der Waals surface area (Å²) in [6, 6.07) is 25.1. The van der Waals surface area contributed by atoms with Gasteiger partial charge in [0.1, 0.15) is 12.5 Å². The zero-order valence-corrected chi connectivity index (χ0v) is 21.6. The number of benzene rings is 3. The molecule has 6 heteroatoms. The third kappa shape index (κ3) is 4.94. The molecule has 2 aliphatic rings. The van der Waals surface area contributed by atoms with Gasteiger partial charge in [-0.25, -0.2) is 0 Å². The minimum Gasteiger partial charge on any atom is -0.493 e. The Bertz CT molecular complexity index is 1380. The van der Waals surface area contributed by atoms with Crippen molar-refractivity contribution in [3.8, 4) is 11.5 Å². The topological polar surface area (TPSA) is 73.9 Å². The van der Waals surface area contributed by atoms with Crippen LogP contribution in [0.1, 0.15) is 41.4 Å². The van der Waals surface area contributed by atoms with Gasteiger partial charge in [0.15, 0.2) is 17.3 Å². The predicted octanol–water partition coefficient (Wildman–Crippen LogP) is 5.66. The minimum atomic E-state index is -0.784. The van der Waals surface area contributed by atoms with Gasteiger partial charge in [-0.2, -0.15) is 0 Å². The van der Waals surface area contributed by atoms with Crippen LogP contribution in [0.15, 0.2) is 102 Å². The molecule has 0 radical (unpaired) electrons. The number of hydrogen-bond donors (Lipinski definition) is 1. The molecule has 1 heterocycles. The molecule has 5 rings (SSSR count). The normalized spacial score (nSPS) is 20.8. The quantitative estimate of drug-likeness (QED) is 0.414. The molecule has 0 fully saturated rings. The number of ether oxygens (including phenoxy) is 3. The zero-order chi connectivity index (χ0) is 26.6. The van der Waals surface area contributed by atoms with Gasteiger partial charge in [0.2, 0.25) is 0 Å². The van der Waals surface area contributed by atoms with Gasteiger partial charge < -0.3 is 19.5 Å². The summed E-state index contributed by atoms with van der Waals surface area (Å²) in [7, 11) is 3.14. The second kappa shape index (κ2) is 11.0. The van der Waals surface area contributed by atoms with E-state index in [0.29, 0.717) is 35.6 Å². The van der Waals surface area contributed by atoms with Crippen molar-refractivity contribution in [3.05, 3.63) is 119 Å². The minimum absolute atomic E-state index is 0.0146. The summed E-state index contributed by atoms with van der Waals surface area (Å²) >= 11 is 0. The number of ketones is 1. The lowest BCUT2D eigenvalue weighted by Crippen LogP contribution is -2.42. The zero-order valence-electron chi connectivity index (χ0n) is 21.6. The van der Waals surface area contributed by atoms with Crippen LogP contribution < -0.4 is 14.8 Å². The molecule has 3 aromatic carbocycles. The SMILES string of the molecule is C=C1NC2=C(C(=O)CC(c3ccccc3)C2)C(c2ccc(OC)c(OC)c2)C1C(=O)OCc1ccccc1. The highest BCUT2D eigenvalue weighted by atomic mass is 16.5. The summed E-state index contributed by atoms with van der Waals surface area (Å²) < 4.78 is 16.7. The van der Waals surface area contributed by atoms with Gasteiger partial charge >= 0.3 is 5.97 Å². The lowest BCUT2D eigenvalue weighted by atomic mass is 9.69. The fourth-order valence-electron chi connectivity index (χ4n) is 5.51. The van der Waals surface area contributed by atoms with E-state index in [0.717, 1.165) is 22.4 Å². The van der Waals surface area contributed by atoms with Crippen molar-refractivity contribution in [2.45, 2.75) is 31.3 Å². The molecule has 0 aromatic heterocycles. The van der Waals surface area contributed by atoms with Gasteiger partial charge in [-0.15, -0.1) is 0 Å². The van der Waals surface area contributed by atoms with E-state index >= 15 is 0 Å². The van der Waals surface area contributed by atoms with Gasteiger partial charge in [0.25, 0.3) is 0 Å². The van der Waals surface area contributed by atoms with Crippen LogP contribution in [0.5, 0.6) is 11.5 Å². The number of rotatable bonds is 7. The van der Waals surface area contributed by atoms with Crippen LogP contribution in [0.25, 0.3) is 0 Å². The first-order valence-corrected chi connectivity index (χ1v) is 12.7. The molecule has 194 valence electrons. The summed E-state index contributed by atoms with van der Waals surface area (Å²) in [5.41, 5.74) is 4.71. The van der Waals surface area contributed by atoms with Gasteiger partial charge in [0, 0.05) is 29.3 Å². The highest BCUT2D eigenvalue weighted by Crippen LogP contribution is 2.48. The van der Waals surface area contributed by atoms with Crippen molar-refractivity contribution >= 4 is 11.8 Å². The molecule has 3 aromatic rings. The van der Waals surface area contributed by atoms with Crippen molar-refractivity contribution in [2.75, 3.05) is 14.2 Å². The van der Waals surface area contributed by atoms with Crippen LogP contribution in [0, 0.1) is 5.92 Å². The molecule has 0 saturated heterocycles. The largest absolute Gasteiger partial charge is 0.493 e. The molecule has 0 spiro atoms. The number of carbonyl (C=O) groups is 2. The lowest BCUT2D eigenvalue weighted by molar-refractivity contribution is -0.149. The number of hydrogen-bond acceptors (Lipinski definition) is 6. The maximum atomic E-state index is 13.8. The van der Waals surface area contributed by atoms with Gasteiger partial charge in [-0.05, 0) is 41.2 Å². The number of allylic oxidation sites excluding steroid dienone is 2. The Morgan fingerprint density at radius 1 is 0.895 bits per heavy atom. The molecule has 0 saturated carbocycles. The summed E-state index contributed by atoms with van der Waals surface area (Å²) in [4.78, 5) is 27.4. The Morgan fingerprint density at radius 3 is 2.26 bits per heavy atom. The number of carbonyl (C=O) groups excluding carboxylic acids is 2. The Balaban J connectivity index is 1.55. The molecule has 3 unspecified atom stereocenters. The van der Waals surface area contributed by atoms with Gasteiger partial charge in [0.05, 0.1) is 14.2 Å². The summed E-state index contributed by atoms with van der Waals surface area (Å²) in [6.07, 6.45) is 1.02. The maximum absolute atomic E-state index is 13.8. The van der Waals surface area contributed by atoms with Crippen LogP contribution in [-0.4, -0.2) is 26.0 Å². The highest BCUT2D eigenvalue weighted by molar-refractivity contribution is 6.01. The summed E-state index contributed by atoms with van der Waals surface area (Å²) in [5.74, 6) is -0.621. The molecule has 1 aliphatic carbocycles. The Kier molecular flexibility index (Phi) is 7.31. The first-order valence-electron chi connectivity index (χ1n) is 12.7. The Hall–Kier alpha value is -4.32. The molecular formula is C32H31NO5. The van der Waals surface area contributed by atoms with E-state index in [1.54, 1.807) is 20.3 Å². The van der Waals surface area contributed by atoms with Crippen molar-refractivity contribution < 1.29 is 23.8 Å². The average molecular weight is 510 g/mol. The van der Waals surface area contributed by atoms with Crippen molar-refractivity contribution in [1.82, 2.24) is 5.32 Å². The predicted molar refractivity (Wildman–Crippen MR) is 145 cm³/mol. The van der Waals surface area contributed by atoms with E-state index in [4.69, 9.17) is 14.2 Å². The van der Waals surface area contributed by atoms with Crippen LogP contribution >= 0.6 is 0 Å². The third-order valence-corrected chi connectivity index (χ3v) is 7.35. The van der Waals surface area contributed by atoms with Crippen LogP contribution in [0.4, 0.5) is 0 Å². The van der Waals surface area contributed by atoms with E-state index in [9.17, 15) is 9.59 Å². The van der Waals surface area contributed by atoms with E-state index in [1.807, 2.05) is 60.7 Å². The molecule has 1 N–H and O–H groups in total. The number of methoxy groups -OCH3 is 2. The Morgan fingerprint density at radius 2 is 1.58 bits per heavy atom. The smallest absolute Gasteiger partial charge is 0.316 e. The fourth-order valence-corrected chi connectivity index (χ4v) is 5.51. The molecular weight excluding hydrogens is 478 g/mol. The Labute approximate surface area is 222 Å². The van der Waals surface area contributed by atoms with Crippen LogP contribution in [0.3, 0.4) is 0 Å². The van der Waals surface area contributed by atoms with E-state index in [1.165, 1.54) is 0 Å². The van der Waals surface area contributed by atoms with Crippen molar-refractivity contribution in [1.29, 1.82) is 0 Å². The maximum Gasteiger partial charge on any atom is 0.316 e. The summed E-state index contributed by atoms with van der Waals surface area (Å²) in [5, 5.41) is 3.34. The fraction of sp³-hybridized carbons (Fsp3) is 0.250. The first kappa shape index (κ1) is 25.3. The van der Waals surface area contributed by atoms with Gasteiger partial charge in [-0.1, -0.05) is 73.3 Å². The number of Topliss-reactive ketones (excluding diaryl/α,β-unsaturated/α-hetero) is 1. The highest BCUT2D eigenvalue weighted by Gasteiger charge is 2.45. The van der Waals surface area contributed by atoms with E-state index in [2.05, 4.69) is 24.0 Å². The van der Waals surface area contributed by atoms with Gasteiger partial charge in [-0.3, -0.25) is 9.59 Å². The second-order valence-electron chi connectivity index (χ2n) is 9.64. The van der Waals surface area contributed by atoms with E-state index < -0.39 is 17.8 Å². The molecule has 0 amide bonds. The third-order valence-electron chi connectivity index (χ3n) is 7.35. The standard InChI is InChI=1S/C32H31NO5/c1-20-29(32(35)38-19-21-10-6-4-7-11-21)30(23-14-15-27(36-2)28(18-23)37-3)31-25(33-20)16-24(17-26(31)34)22-12-8-5-9-13-22/h4-15,18,24,29-30,33H,1,16-17,19H2,2-3H3. The van der Waals surface area contributed by atoms with Crippen LogP contribution in [-0.2, 0) is 20.9 Å². The van der Waals surface area contributed by atoms with E-state index in [-0.39, 0.29) is 18.3 Å². The second-order valence-corrected chi connectivity index (χ2v) is 9.64. The molecule has 1 aliphatic heterocycles. The molecule has 38 heavy (non-hydrogen) atoms. The van der Waals surface area contributed by atoms with Crippen molar-refractivity contribution in [2.24, 2.45) is 5.92 Å². The molecule has 0 bridgehead atoms. The first-order chi connectivity index (χ1) is 18.5. The number of nitrogens with one attached hydrogen (secondary N) is 1. The van der Waals surface area contributed by atoms with Crippen molar-refractivity contribution in [3.63, 3.8) is 0 Å².